The molecule has 1 N–H and O–H groups in total. The lowest BCUT2D eigenvalue weighted by molar-refractivity contribution is 0.236. The third-order valence-corrected chi connectivity index (χ3v) is 3.32. The lowest BCUT2D eigenvalue weighted by atomic mass is 10.1. The molecule has 0 spiro atoms. The van der Waals surface area contributed by atoms with Gasteiger partial charge in [-0.1, -0.05) is 12.1 Å². The van der Waals surface area contributed by atoms with Crippen molar-refractivity contribution in [1.29, 1.82) is 0 Å². The maximum absolute atomic E-state index is 5.78. The van der Waals surface area contributed by atoms with Crippen LogP contribution >= 0.6 is 0 Å². The van der Waals surface area contributed by atoms with Crippen LogP contribution in [0.4, 0.5) is 0 Å². The third-order valence-electron chi connectivity index (χ3n) is 3.32. The van der Waals surface area contributed by atoms with Crippen molar-refractivity contribution < 1.29 is 9.47 Å². The predicted molar refractivity (Wildman–Crippen MR) is 72.6 cm³/mol. The normalized spacial score (nSPS) is 18.7. The van der Waals surface area contributed by atoms with Crippen LogP contribution in [0.1, 0.15) is 6.42 Å². The Labute approximate surface area is 112 Å². The van der Waals surface area contributed by atoms with Crippen molar-refractivity contribution in [2.75, 3.05) is 26.8 Å². The van der Waals surface area contributed by atoms with E-state index in [1.165, 1.54) is 0 Å². The number of methoxy groups -OCH3 is 1. The van der Waals surface area contributed by atoms with Crippen LogP contribution in [0.15, 0.2) is 24.3 Å². The van der Waals surface area contributed by atoms with Gasteiger partial charge in [0, 0.05) is 12.5 Å². The largest absolute Gasteiger partial charge is 0.477 e. The summed E-state index contributed by atoms with van der Waals surface area (Å²) in [6.45, 7) is 2.72. The second-order valence-electron chi connectivity index (χ2n) is 4.70. The summed E-state index contributed by atoms with van der Waals surface area (Å²) in [4.78, 5) is 8.89. The van der Waals surface area contributed by atoms with Crippen LogP contribution in [0.5, 0.6) is 11.8 Å². The summed E-state index contributed by atoms with van der Waals surface area (Å²) in [6, 6.07) is 7.70. The van der Waals surface area contributed by atoms with Gasteiger partial charge in [-0.3, -0.25) is 0 Å². The Morgan fingerprint density at radius 1 is 1.21 bits per heavy atom. The third kappa shape index (κ3) is 2.61. The summed E-state index contributed by atoms with van der Waals surface area (Å²) < 4.78 is 11.0. The van der Waals surface area contributed by atoms with E-state index in [1.54, 1.807) is 7.11 Å². The van der Waals surface area contributed by atoms with Gasteiger partial charge < -0.3 is 14.8 Å². The van der Waals surface area contributed by atoms with Gasteiger partial charge in [0.25, 0.3) is 11.8 Å². The first kappa shape index (κ1) is 12.2. The van der Waals surface area contributed by atoms with E-state index in [2.05, 4.69) is 15.3 Å². The first-order valence-electron chi connectivity index (χ1n) is 6.51. The molecule has 5 heteroatoms. The summed E-state index contributed by atoms with van der Waals surface area (Å²) in [7, 11) is 1.59. The number of rotatable bonds is 4. The molecule has 2 aromatic rings. The zero-order valence-electron chi connectivity index (χ0n) is 10.9. The minimum absolute atomic E-state index is 0.449. The molecule has 19 heavy (non-hydrogen) atoms. The SMILES string of the molecule is COc1nc2ccccc2nc1OCC1CCNC1. The summed E-state index contributed by atoms with van der Waals surface area (Å²) in [5.74, 6) is 1.47. The van der Waals surface area contributed by atoms with Gasteiger partial charge in [-0.25, -0.2) is 9.97 Å². The number of fused-ring (bicyclic) bond motifs is 1. The second-order valence-corrected chi connectivity index (χ2v) is 4.70. The van der Waals surface area contributed by atoms with Gasteiger partial charge >= 0.3 is 0 Å². The van der Waals surface area contributed by atoms with Gasteiger partial charge in [-0.2, -0.15) is 0 Å². The minimum Gasteiger partial charge on any atom is -0.477 e. The molecule has 0 amide bonds. The summed E-state index contributed by atoms with van der Waals surface area (Å²) in [6.07, 6.45) is 1.14. The zero-order chi connectivity index (χ0) is 13.1. The molecule has 1 fully saturated rings. The molecule has 0 saturated carbocycles. The van der Waals surface area contributed by atoms with E-state index >= 15 is 0 Å². The molecule has 1 aromatic carbocycles. The summed E-state index contributed by atoms with van der Waals surface area (Å²) in [5, 5.41) is 3.32. The molecule has 2 heterocycles. The summed E-state index contributed by atoms with van der Waals surface area (Å²) >= 11 is 0. The smallest absolute Gasteiger partial charge is 0.278 e. The maximum Gasteiger partial charge on any atom is 0.278 e. The molecule has 1 aliphatic rings. The van der Waals surface area contributed by atoms with Crippen molar-refractivity contribution >= 4 is 11.0 Å². The lowest BCUT2D eigenvalue weighted by Gasteiger charge is -2.12. The van der Waals surface area contributed by atoms with Crippen molar-refractivity contribution in [2.45, 2.75) is 6.42 Å². The Morgan fingerprint density at radius 3 is 2.58 bits per heavy atom. The average molecular weight is 259 g/mol. The van der Waals surface area contributed by atoms with Crippen LogP contribution in [-0.4, -0.2) is 36.8 Å². The topological polar surface area (TPSA) is 56.3 Å². The molecule has 1 unspecified atom stereocenters. The van der Waals surface area contributed by atoms with Crippen LogP contribution < -0.4 is 14.8 Å². The van der Waals surface area contributed by atoms with E-state index < -0.39 is 0 Å². The standard InChI is InChI=1S/C14H17N3O2/c1-18-13-14(19-9-10-6-7-15-8-10)17-12-5-3-2-4-11(12)16-13/h2-5,10,15H,6-9H2,1H3. The second kappa shape index (κ2) is 5.40. The first-order valence-corrected chi connectivity index (χ1v) is 6.51. The zero-order valence-corrected chi connectivity index (χ0v) is 10.9. The highest BCUT2D eigenvalue weighted by Gasteiger charge is 2.17. The molecule has 1 aliphatic heterocycles. The quantitative estimate of drug-likeness (QED) is 0.904. The monoisotopic (exact) mass is 259 g/mol. The maximum atomic E-state index is 5.78. The van der Waals surface area contributed by atoms with Crippen LogP contribution in [0.2, 0.25) is 0 Å². The van der Waals surface area contributed by atoms with Crippen molar-refractivity contribution in [3.63, 3.8) is 0 Å². The van der Waals surface area contributed by atoms with E-state index in [4.69, 9.17) is 9.47 Å². The number of nitrogens with zero attached hydrogens (tertiary/aromatic N) is 2. The van der Waals surface area contributed by atoms with Gasteiger partial charge in [0.1, 0.15) is 0 Å². The predicted octanol–water partition coefficient (Wildman–Crippen LogP) is 1.63. The highest BCUT2D eigenvalue weighted by atomic mass is 16.5. The van der Waals surface area contributed by atoms with Crippen molar-refractivity contribution in [2.24, 2.45) is 5.92 Å². The molecular formula is C14H17N3O2. The highest BCUT2D eigenvalue weighted by molar-refractivity contribution is 5.75. The van der Waals surface area contributed by atoms with E-state index in [-0.39, 0.29) is 0 Å². The Bertz CT molecular complexity index is 568. The summed E-state index contributed by atoms with van der Waals surface area (Å²) in [5.41, 5.74) is 1.64. The highest BCUT2D eigenvalue weighted by Crippen LogP contribution is 2.25. The number of hydrogen-bond donors (Lipinski definition) is 1. The van der Waals surface area contributed by atoms with E-state index in [1.807, 2.05) is 24.3 Å². The van der Waals surface area contributed by atoms with Gasteiger partial charge in [0.05, 0.1) is 24.8 Å². The van der Waals surface area contributed by atoms with Gasteiger partial charge in [-0.05, 0) is 25.1 Å². The van der Waals surface area contributed by atoms with Gasteiger partial charge in [0.2, 0.25) is 0 Å². The molecule has 5 nitrogen and oxygen atoms in total. The lowest BCUT2D eigenvalue weighted by Crippen LogP contribution is -2.16. The van der Waals surface area contributed by atoms with Gasteiger partial charge in [-0.15, -0.1) is 0 Å². The molecule has 3 rings (SSSR count). The van der Waals surface area contributed by atoms with Crippen LogP contribution in [0.25, 0.3) is 11.0 Å². The minimum atomic E-state index is 0.449. The molecule has 0 bridgehead atoms. The number of para-hydroxylation sites is 2. The van der Waals surface area contributed by atoms with E-state index in [0.717, 1.165) is 30.5 Å². The molecule has 1 aromatic heterocycles. The Hall–Kier alpha value is -1.88. The van der Waals surface area contributed by atoms with Crippen LogP contribution in [-0.2, 0) is 0 Å². The fourth-order valence-corrected chi connectivity index (χ4v) is 2.25. The molecule has 0 aliphatic carbocycles. The Morgan fingerprint density at radius 2 is 1.95 bits per heavy atom. The average Bonchev–Trinajstić information content (AvgIpc) is 2.97. The van der Waals surface area contributed by atoms with E-state index in [0.29, 0.717) is 24.3 Å². The molecular weight excluding hydrogens is 242 g/mol. The van der Waals surface area contributed by atoms with Crippen molar-refractivity contribution in [3.8, 4) is 11.8 Å². The van der Waals surface area contributed by atoms with Crippen LogP contribution in [0, 0.1) is 5.92 Å². The Kier molecular flexibility index (Phi) is 3.46. The number of nitrogens with one attached hydrogen (secondary N) is 1. The molecule has 100 valence electrons. The number of aromatic nitrogens is 2. The Balaban J connectivity index is 1.83. The first-order chi connectivity index (χ1) is 9.36. The van der Waals surface area contributed by atoms with Crippen LogP contribution in [0.3, 0.4) is 0 Å². The molecule has 1 atom stereocenters. The number of hydrogen-bond acceptors (Lipinski definition) is 5. The van der Waals surface area contributed by atoms with Gasteiger partial charge in [0.15, 0.2) is 0 Å². The number of ether oxygens (including phenoxy) is 2. The fourth-order valence-electron chi connectivity index (χ4n) is 2.25. The fraction of sp³-hybridized carbons (Fsp3) is 0.429. The molecule has 1 saturated heterocycles. The van der Waals surface area contributed by atoms with E-state index in [9.17, 15) is 0 Å². The molecule has 0 radical (unpaired) electrons. The van der Waals surface area contributed by atoms with Crippen molar-refractivity contribution in [3.05, 3.63) is 24.3 Å². The van der Waals surface area contributed by atoms with Crippen molar-refractivity contribution in [1.82, 2.24) is 15.3 Å². The number of benzene rings is 1.